The number of Topliss-reactive ketones (excluding diaryl/α,β-unsaturated/α-hetero) is 1. The first kappa shape index (κ1) is 16.2. The second kappa shape index (κ2) is 8.99. The topological polar surface area (TPSA) is 29.1 Å². The average Bonchev–Trinajstić information content (AvgIpc) is 2.53. The van der Waals surface area contributed by atoms with Crippen LogP contribution in [-0.2, 0) is 17.8 Å². The zero-order valence-electron chi connectivity index (χ0n) is 13.4. The molecule has 2 nitrogen and oxygen atoms in total. The van der Waals surface area contributed by atoms with Gasteiger partial charge < -0.3 is 5.32 Å². The van der Waals surface area contributed by atoms with Gasteiger partial charge in [0, 0.05) is 13.0 Å². The van der Waals surface area contributed by atoms with Crippen molar-refractivity contribution in [2.24, 2.45) is 0 Å². The van der Waals surface area contributed by atoms with Gasteiger partial charge in [-0.15, -0.1) is 0 Å². The second-order valence-corrected chi connectivity index (χ2v) is 6.24. The molecule has 1 unspecified atom stereocenters. The average molecular weight is 287 g/mol. The summed E-state index contributed by atoms with van der Waals surface area (Å²) in [5.74, 6) is 0.401. The van der Waals surface area contributed by atoms with Gasteiger partial charge in [0.15, 0.2) is 0 Å². The van der Waals surface area contributed by atoms with Crippen LogP contribution in [0.15, 0.2) is 24.3 Å². The third-order valence-electron chi connectivity index (χ3n) is 4.50. The molecule has 1 aromatic rings. The highest BCUT2D eigenvalue weighted by Crippen LogP contribution is 2.18. The summed E-state index contributed by atoms with van der Waals surface area (Å²) in [7, 11) is 0. The standard InChI is InChI=1S/C19H29NO/c1-2-3-4-5-6-7-8-13-19(21)18-14-16-11-9-10-12-17(16)15-20-18/h9-12,18,20H,2-8,13-15H2,1H3. The van der Waals surface area contributed by atoms with Crippen LogP contribution in [0.3, 0.4) is 0 Å². The highest BCUT2D eigenvalue weighted by atomic mass is 16.1. The van der Waals surface area contributed by atoms with Crippen molar-refractivity contribution in [3.8, 4) is 0 Å². The fourth-order valence-corrected chi connectivity index (χ4v) is 3.11. The van der Waals surface area contributed by atoms with Gasteiger partial charge in [0.25, 0.3) is 0 Å². The van der Waals surface area contributed by atoms with Crippen molar-refractivity contribution >= 4 is 5.78 Å². The van der Waals surface area contributed by atoms with Gasteiger partial charge in [0.2, 0.25) is 0 Å². The van der Waals surface area contributed by atoms with Gasteiger partial charge in [-0.3, -0.25) is 4.79 Å². The van der Waals surface area contributed by atoms with Crippen LogP contribution in [0.25, 0.3) is 0 Å². The lowest BCUT2D eigenvalue weighted by atomic mass is 9.92. The number of carbonyl (C=O) groups excluding carboxylic acids is 1. The number of ketones is 1. The number of carbonyl (C=O) groups is 1. The number of hydrogen-bond donors (Lipinski definition) is 1. The molecular weight excluding hydrogens is 258 g/mol. The highest BCUT2D eigenvalue weighted by molar-refractivity contribution is 5.84. The van der Waals surface area contributed by atoms with Gasteiger partial charge in [-0.05, 0) is 24.0 Å². The molecule has 1 aromatic carbocycles. The van der Waals surface area contributed by atoms with Crippen molar-refractivity contribution in [1.82, 2.24) is 5.32 Å². The first-order valence-electron chi connectivity index (χ1n) is 8.64. The smallest absolute Gasteiger partial charge is 0.150 e. The van der Waals surface area contributed by atoms with Gasteiger partial charge >= 0.3 is 0 Å². The molecule has 0 bridgehead atoms. The number of benzene rings is 1. The van der Waals surface area contributed by atoms with Crippen LogP contribution in [0.4, 0.5) is 0 Å². The minimum Gasteiger partial charge on any atom is -0.303 e. The van der Waals surface area contributed by atoms with Gasteiger partial charge in [0.1, 0.15) is 5.78 Å². The molecule has 1 N–H and O–H groups in total. The monoisotopic (exact) mass is 287 g/mol. The lowest BCUT2D eigenvalue weighted by molar-refractivity contribution is -0.121. The molecule has 2 heteroatoms. The summed E-state index contributed by atoms with van der Waals surface area (Å²) in [6.45, 7) is 3.08. The molecular formula is C19H29NO. The predicted octanol–water partition coefficient (Wildman–Crippen LogP) is 4.41. The van der Waals surface area contributed by atoms with E-state index in [0.717, 1.165) is 25.8 Å². The molecule has 0 aromatic heterocycles. The molecule has 0 aliphatic carbocycles. The van der Waals surface area contributed by atoms with Crippen LogP contribution in [0.1, 0.15) is 69.4 Å². The molecule has 0 saturated carbocycles. The Kier molecular flexibility index (Phi) is 6.94. The van der Waals surface area contributed by atoms with E-state index in [9.17, 15) is 4.79 Å². The SMILES string of the molecule is CCCCCCCCCC(=O)C1Cc2ccccc2CN1. The summed E-state index contributed by atoms with van der Waals surface area (Å²) in [5.41, 5.74) is 2.69. The molecule has 0 fully saturated rings. The first-order valence-corrected chi connectivity index (χ1v) is 8.64. The van der Waals surface area contributed by atoms with Crippen LogP contribution >= 0.6 is 0 Å². The van der Waals surface area contributed by atoms with Crippen LogP contribution < -0.4 is 5.32 Å². The molecule has 2 rings (SSSR count). The van der Waals surface area contributed by atoms with E-state index in [4.69, 9.17) is 0 Å². The van der Waals surface area contributed by atoms with Gasteiger partial charge in [-0.25, -0.2) is 0 Å². The van der Waals surface area contributed by atoms with E-state index in [1.807, 2.05) is 0 Å². The Morgan fingerprint density at radius 2 is 1.71 bits per heavy atom. The maximum absolute atomic E-state index is 12.3. The van der Waals surface area contributed by atoms with E-state index in [2.05, 4.69) is 36.5 Å². The summed E-state index contributed by atoms with van der Waals surface area (Å²) in [6, 6.07) is 8.49. The zero-order valence-corrected chi connectivity index (χ0v) is 13.4. The molecule has 1 aliphatic heterocycles. The zero-order chi connectivity index (χ0) is 14.9. The summed E-state index contributed by atoms with van der Waals surface area (Å²) < 4.78 is 0. The van der Waals surface area contributed by atoms with Crippen molar-refractivity contribution in [3.63, 3.8) is 0 Å². The fraction of sp³-hybridized carbons (Fsp3) is 0.632. The summed E-state index contributed by atoms with van der Waals surface area (Å²) >= 11 is 0. The fourth-order valence-electron chi connectivity index (χ4n) is 3.11. The lowest BCUT2D eigenvalue weighted by Gasteiger charge is -2.25. The molecule has 21 heavy (non-hydrogen) atoms. The minimum atomic E-state index is 0.0417. The predicted molar refractivity (Wildman–Crippen MR) is 88.4 cm³/mol. The van der Waals surface area contributed by atoms with Crippen molar-refractivity contribution < 1.29 is 4.79 Å². The Hall–Kier alpha value is -1.15. The van der Waals surface area contributed by atoms with Crippen LogP contribution in [0, 0.1) is 0 Å². The second-order valence-electron chi connectivity index (χ2n) is 6.24. The Morgan fingerprint density at radius 1 is 1.05 bits per heavy atom. The molecule has 0 spiro atoms. The van der Waals surface area contributed by atoms with Crippen molar-refractivity contribution in [1.29, 1.82) is 0 Å². The summed E-state index contributed by atoms with van der Waals surface area (Å²) in [5, 5.41) is 3.39. The number of nitrogens with one attached hydrogen (secondary N) is 1. The summed E-state index contributed by atoms with van der Waals surface area (Å²) in [6.07, 6.45) is 10.5. The van der Waals surface area contributed by atoms with E-state index in [-0.39, 0.29) is 6.04 Å². The van der Waals surface area contributed by atoms with Crippen molar-refractivity contribution in [2.45, 2.75) is 77.3 Å². The quantitative estimate of drug-likeness (QED) is 0.682. The van der Waals surface area contributed by atoms with Crippen molar-refractivity contribution in [2.75, 3.05) is 0 Å². The minimum absolute atomic E-state index is 0.0417. The number of fused-ring (bicyclic) bond motifs is 1. The van der Waals surface area contributed by atoms with Crippen LogP contribution in [0.5, 0.6) is 0 Å². The molecule has 0 radical (unpaired) electrons. The molecule has 1 atom stereocenters. The summed E-state index contributed by atoms with van der Waals surface area (Å²) in [4.78, 5) is 12.3. The highest BCUT2D eigenvalue weighted by Gasteiger charge is 2.22. The Balaban J connectivity index is 1.64. The first-order chi connectivity index (χ1) is 10.3. The Labute approximate surface area is 129 Å². The third-order valence-corrected chi connectivity index (χ3v) is 4.50. The van der Waals surface area contributed by atoms with Crippen molar-refractivity contribution in [3.05, 3.63) is 35.4 Å². The van der Waals surface area contributed by atoms with Gasteiger partial charge in [-0.2, -0.15) is 0 Å². The molecule has 1 heterocycles. The van der Waals surface area contributed by atoms with E-state index < -0.39 is 0 Å². The Morgan fingerprint density at radius 3 is 2.48 bits per heavy atom. The molecule has 1 aliphatic rings. The van der Waals surface area contributed by atoms with E-state index in [1.54, 1.807) is 0 Å². The maximum Gasteiger partial charge on any atom is 0.150 e. The van der Waals surface area contributed by atoms with E-state index in [1.165, 1.54) is 49.7 Å². The number of rotatable bonds is 9. The largest absolute Gasteiger partial charge is 0.303 e. The number of unbranched alkanes of at least 4 members (excludes halogenated alkanes) is 6. The normalized spacial score (nSPS) is 17.5. The Bertz CT molecular complexity index is 441. The molecule has 0 saturated heterocycles. The third kappa shape index (κ3) is 5.28. The molecule has 116 valence electrons. The maximum atomic E-state index is 12.3. The van der Waals surface area contributed by atoms with E-state index in [0.29, 0.717) is 5.78 Å². The molecule has 0 amide bonds. The van der Waals surface area contributed by atoms with Crippen LogP contribution in [-0.4, -0.2) is 11.8 Å². The lowest BCUT2D eigenvalue weighted by Crippen LogP contribution is -2.41. The van der Waals surface area contributed by atoms with E-state index >= 15 is 0 Å². The van der Waals surface area contributed by atoms with Crippen LogP contribution in [0.2, 0.25) is 0 Å². The van der Waals surface area contributed by atoms with Gasteiger partial charge in [-0.1, -0.05) is 69.7 Å². The van der Waals surface area contributed by atoms with Gasteiger partial charge in [0.05, 0.1) is 6.04 Å². The number of hydrogen-bond acceptors (Lipinski definition) is 2.